The van der Waals surface area contributed by atoms with Crippen molar-refractivity contribution in [2.75, 3.05) is 17.7 Å². The predicted octanol–water partition coefficient (Wildman–Crippen LogP) is 3.05. The van der Waals surface area contributed by atoms with Crippen LogP contribution in [0.25, 0.3) is 0 Å². The molecule has 0 bridgehead atoms. The van der Waals surface area contributed by atoms with Crippen LogP contribution in [-0.4, -0.2) is 19.2 Å². The summed E-state index contributed by atoms with van der Waals surface area (Å²) in [4.78, 5) is 23.0. The molecule has 0 saturated heterocycles. The maximum atomic E-state index is 11.8. The summed E-state index contributed by atoms with van der Waals surface area (Å²) in [5, 5.41) is 7.70. The highest BCUT2D eigenvalue weighted by Gasteiger charge is 2.05. The quantitative estimate of drug-likeness (QED) is 0.811. The van der Waals surface area contributed by atoms with E-state index in [1.54, 1.807) is 36.4 Å². The first-order chi connectivity index (χ1) is 10.2. The zero-order valence-corrected chi connectivity index (χ0v) is 11.4. The number of benzene rings is 2. The minimum atomic E-state index is -0.569. The number of anilines is 2. The van der Waals surface area contributed by atoms with Crippen molar-refractivity contribution < 1.29 is 14.3 Å². The van der Waals surface area contributed by atoms with Gasteiger partial charge in [-0.1, -0.05) is 24.3 Å². The van der Waals surface area contributed by atoms with Crippen LogP contribution >= 0.6 is 0 Å². The van der Waals surface area contributed by atoms with E-state index in [0.717, 1.165) is 0 Å². The lowest BCUT2D eigenvalue weighted by Gasteiger charge is -2.09. The molecule has 6 heteroatoms. The maximum absolute atomic E-state index is 11.8. The molecule has 3 amide bonds. The van der Waals surface area contributed by atoms with Crippen molar-refractivity contribution in [2.24, 2.45) is 0 Å². The molecule has 0 spiro atoms. The topological polar surface area (TPSA) is 79.5 Å². The molecule has 0 atom stereocenters. The highest BCUT2D eigenvalue weighted by molar-refractivity contribution is 5.99. The van der Waals surface area contributed by atoms with Crippen molar-refractivity contribution in [3.8, 4) is 5.75 Å². The fourth-order valence-electron chi connectivity index (χ4n) is 1.61. The molecular formula is C15H15N3O3. The first kappa shape index (κ1) is 14.4. The molecule has 2 rings (SSSR count). The summed E-state index contributed by atoms with van der Waals surface area (Å²) < 4.78 is 4.98. The van der Waals surface area contributed by atoms with Gasteiger partial charge in [-0.15, -0.1) is 0 Å². The first-order valence-corrected chi connectivity index (χ1v) is 6.30. The lowest BCUT2D eigenvalue weighted by atomic mass is 10.3. The smallest absolute Gasteiger partial charge is 0.410 e. The van der Waals surface area contributed by atoms with Gasteiger partial charge in [-0.2, -0.15) is 0 Å². The number of carbonyl (C=O) groups is 2. The average molecular weight is 285 g/mol. The largest absolute Gasteiger partial charge is 0.412 e. The Morgan fingerprint density at radius 3 is 2.29 bits per heavy atom. The van der Waals surface area contributed by atoms with Crippen LogP contribution in [0.15, 0.2) is 54.6 Å². The standard InChI is InChI=1S/C15H15N3O3/c1-16-15(20)21-13-9-5-8-12(10-13)18-14(19)17-11-6-3-2-4-7-11/h2-10H,1H3,(H,16,20)(H2,17,18,19). The second-order valence-electron chi connectivity index (χ2n) is 4.11. The van der Waals surface area contributed by atoms with Crippen LogP contribution in [0, 0.1) is 0 Å². The Balaban J connectivity index is 1.97. The SMILES string of the molecule is CNC(=O)Oc1cccc(NC(=O)Nc2ccccc2)c1. The maximum Gasteiger partial charge on any atom is 0.412 e. The molecule has 0 aliphatic heterocycles. The van der Waals surface area contributed by atoms with E-state index in [1.807, 2.05) is 18.2 Å². The van der Waals surface area contributed by atoms with Crippen molar-refractivity contribution in [1.29, 1.82) is 0 Å². The average Bonchev–Trinajstić information content (AvgIpc) is 2.48. The molecule has 2 aromatic rings. The normalized spacial score (nSPS) is 9.57. The molecule has 108 valence electrons. The Hall–Kier alpha value is -3.02. The lowest BCUT2D eigenvalue weighted by molar-refractivity contribution is 0.203. The molecule has 3 N–H and O–H groups in total. The van der Waals surface area contributed by atoms with E-state index in [1.165, 1.54) is 7.05 Å². The van der Waals surface area contributed by atoms with E-state index in [-0.39, 0.29) is 6.03 Å². The van der Waals surface area contributed by atoms with E-state index in [9.17, 15) is 9.59 Å². The van der Waals surface area contributed by atoms with Gasteiger partial charge in [0.2, 0.25) is 0 Å². The summed E-state index contributed by atoms with van der Waals surface area (Å²) in [6.07, 6.45) is -0.569. The number of hydrogen-bond donors (Lipinski definition) is 3. The lowest BCUT2D eigenvalue weighted by Crippen LogP contribution is -2.22. The Morgan fingerprint density at radius 1 is 0.905 bits per heavy atom. The summed E-state index contributed by atoms with van der Waals surface area (Å²) in [7, 11) is 1.47. The van der Waals surface area contributed by atoms with Crippen LogP contribution in [0.3, 0.4) is 0 Å². The molecule has 2 aromatic carbocycles. The second-order valence-corrected chi connectivity index (χ2v) is 4.11. The first-order valence-electron chi connectivity index (χ1n) is 6.30. The molecule has 0 aromatic heterocycles. The summed E-state index contributed by atoms with van der Waals surface area (Å²) in [6, 6.07) is 15.3. The number of hydrogen-bond acceptors (Lipinski definition) is 3. The summed E-state index contributed by atoms with van der Waals surface area (Å²) in [5.74, 6) is 0.340. The van der Waals surface area contributed by atoms with Gasteiger partial charge >= 0.3 is 12.1 Å². The number of ether oxygens (including phenoxy) is 1. The Bertz CT molecular complexity index is 629. The molecule has 0 radical (unpaired) electrons. The van der Waals surface area contributed by atoms with Crippen molar-refractivity contribution in [2.45, 2.75) is 0 Å². The minimum absolute atomic E-state index is 0.340. The monoisotopic (exact) mass is 285 g/mol. The highest BCUT2D eigenvalue weighted by atomic mass is 16.5. The fourth-order valence-corrected chi connectivity index (χ4v) is 1.61. The molecule has 0 heterocycles. The van der Waals surface area contributed by atoms with E-state index in [0.29, 0.717) is 17.1 Å². The molecule has 0 fully saturated rings. The molecule has 6 nitrogen and oxygen atoms in total. The van der Waals surface area contributed by atoms with Gasteiger partial charge in [-0.25, -0.2) is 9.59 Å². The van der Waals surface area contributed by atoms with E-state index in [4.69, 9.17) is 4.74 Å². The number of para-hydroxylation sites is 1. The van der Waals surface area contributed by atoms with Crippen LogP contribution in [0.2, 0.25) is 0 Å². The van der Waals surface area contributed by atoms with E-state index >= 15 is 0 Å². The van der Waals surface area contributed by atoms with Gasteiger partial charge < -0.3 is 20.7 Å². The number of urea groups is 1. The Kier molecular flexibility index (Phi) is 4.76. The number of nitrogens with one attached hydrogen (secondary N) is 3. The van der Waals surface area contributed by atoms with Crippen molar-refractivity contribution in [3.05, 3.63) is 54.6 Å². The third-order valence-electron chi connectivity index (χ3n) is 2.54. The van der Waals surface area contributed by atoms with Gasteiger partial charge in [0.25, 0.3) is 0 Å². The summed E-state index contributed by atoms with van der Waals surface area (Å²) in [5.41, 5.74) is 1.21. The third kappa shape index (κ3) is 4.54. The van der Waals surface area contributed by atoms with Gasteiger partial charge in [0.15, 0.2) is 0 Å². The number of rotatable bonds is 3. The van der Waals surface area contributed by atoms with Crippen molar-refractivity contribution in [3.63, 3.8) is 0 Å². The zero-order chi connectivity index (χ0) is 15.1. The summed E-state index contributed by atoms with van der Waals surface area (Å²) in [6.45, 7) is 0. The van der Waals surface area contributed by atoms with Gasteiger partial charge in [-0.3, -0.25) is 0 Å². The van der Waals surface area contributed by atoms with Gasteiger partial charge in [-0.05, 0) is 24.3 Å². The van der Waals surface area contributed by atoms with Gasteiger partial charge in [0.1, 0.15) is 5.75 Å². The van der Waals surface area contributed by atoms with Crippen LogP contribution in [-0.2, 0) is 0 Å². The zero-order valence-electron chi connectivity index (χ0n) is 11.4. The van der Waals surface area contributed by atoms with Crippen LogP contribution in [0.5, 0.6) is 5.75 Å². The molecule has 0 aliphatic rings. The van der Waals surface area contributed by atoms with Crippen LogP contribution in [0.4, 0.5) is 21.0 Å². The predicted molar refractivity (Wildman–Crippen MR) is 80.6 cm³/mol. The molecular weight excluding hydrogens is 270 g/mol. The molecule has 0 unspecified atom stereocenters. The van der Waals surface area contributed by atoms with Crippen LogP contribution in [0.1, 0.15) is 0 Å². The molecule has 0 aliphatic carbocycles. The second kappa shape index (κ2) is 6.95. The van der Waals surface area contributed by atoms with E-state index in [2.05, 4.69) is 16.0 Å². The van der Waals surface area contributed by atoms with Crippen molar-refractivity contribution >= 4 is 23.5 Å². The Morgan fingerprint density at radius 2 is 1.57 bits per heavy atom. The number of carbonyl (C=O) groups excluding carboxylic acids is 2. The highest BCUT2D eigenvalue weighted by Crippen LogP contribution is 2.17. The van der Waals surface area contributed by atoms with Gasteiger partial charge in [0, 0.05) is 24.5 Å². The summed E-state index contributed by atoms with van der Waals surface area (Å²) >= 11 is 0. The van der Waals surface area contributed by atoms with Gasteiger partial charge in [0.05, 0.1) is 0 Å². The van der Waals surface area contributed by atoms with E-state index < -0.39 is 6.09 Å². The Labute approximate surface area is 122 Å². The fraction of sp³-hybridized carbons (Fsp3) is 0.0667. The minimum Gasteiger partial charge on any atom is -0.410 e. The molecule has 0 saturated carbocycles. The van der Waals surface area contributed by atoms with Crippen LogP contribution < -0.4 is 20.7 Å². The van der Waals surface area contributed by atoms with Crippen molar-refractivity contribution in [1.82, 2.24) is 5.32 Å². The number of amides is 3. The third-order valence-corrected chi connectivity index (χ3v) is 2.54. The molecule has 21 heavy (non-hydrogen) atoms.